The van der Waals surface area contributed by atoms with Crippen LogP contribution in [0.25, 0.3) is 11.6 Å². The van der Waals surface area contributed by atoms with Gasteiger partial charge in [0.1, 0.15) is 5.69 Å². The predicted molar refractivity (Wildman–Crippen MR) is 73.4 cm³/mol. The minimum absolute atomic E-state index is 0.470. The fourth-order valence-electron chi connectivity index (χ4n) is 1.99. The Hall–Kier alpha value is -1.31. The van der Waals surface area contributed by atoms with Gasteiger partial charge in [0, 0.05) is 36.8 Å². The van der Waals surface area contributed by atoms with Gasteiger partial charge in [0.2, 0.25) is 0 Å². The van der Waals surface area contributed by atoms with Crippen LogP contribution >= 0.6 is 15.9 Å². The molecule has 0 amide bonds. The largest absolute Gasteiger partial charge is 0.332 e. The zero-order valence-electron chi connectivity index (χ0n) is 10.3. The van der Waals surface area contributed by atoms with Crippen molar-refractivity contribution in [2.45, 2.75) is 6.54 Å². The van der Waals surface area contributed by atoms with Crippen LogP contribution in [0.5, 0.6) is 0 Å². The van der Waals surface area contributed by atoms with Gasteiger partial charge in [0.25, 0.3) is 5.89 Å². The zero-order valence-corrected chi connectivity index (χ0v) is 11.9. The topological polar surface area (TPSA) is 67.1 Å². The molecular formula is C12H14BrN5O. The van der Waals surface area contributed by atoms with Gasteiger partial charge in [-0.25, -0.2) is 4.98 Å². The summed E-state index contributed by atoms with van der Waals surface area (Å²) in [4.78, 5) is 10.9. The van der Waals surface area contributed by atoms with Gasteiger partial charge < -0.3 is 9.84 Å². The van der Waals surface area contributed by atoms with Crippen LogP contribution in [-0.2, 0) is 6.54 Å². The van der Waals surface area contributed by atoms with E-state index in [-0.39, 0.29) is 0 Å². The third-order valence-electron chi connectivity index (χ3n) is 2.99. The van der Waals surface area contributed by atoms with E-state index in [4.69, 9.17) is 4.52 Å². The normalized spacial score (nSPS) is 16.7. The Kier molecular flexibility index (Phi) is 3.86. The number of aromatic nitrogens is 3. The van der Waals surface area contributed by atoms with Crippen molar-refractivity contribution in [1.29, 1.82) is 0 Å². The highest BCUT2D eigenvalue weighted by atomic mass is 79.9. The molecule has 0 saturated carbocycles. The average Bonchev–Trinajstić information content (AvgIpc) is 2.89. The van der Waals surface area contributed by atoms with Crippen LogP contribution < -0.4 is 5.32 Å². The van der Waals surface area contributed by atoms with Gasteiger partial charge in [0.05, 0.1) is 6.54 Å². The summed E-state index contributed by atoms with van der Waals surface area (Å²) in [6, 6.07) is 3.76. The smallest absolute Gasteiger partial charge is 0.276 e. The highest BCUT2D eigenvalue weighted by molar-refractivity contribution is 9.10. The minimum atomic E-state index is 0.470. The van der Waals surface area contributed by atoms with Crippen molar-refractivity contribution in [2.24, 2.45) is 0 Å². The first-order valence-electron chi connectivity index (χ1n) is 6.19. The summed E-state index contributed by atoms with van der Waals surface area (Å²) in [5, 5.41) is 7.33. The van der Waals surface area contributed by atoms with Gasteiger partial charge in [-0.15, -0.1) is 0 Å². The van der Waals surface area contributed by atoms with Crippen molar-refractivity contribution in [2.75, 3.05) is 26.2 Å². The van der Waals surface area contributed by atoms with Crippen molar-refractivity contribution < 1.29 is 4.52 Å². The second-order valence-electron chi connectivity index (χ2n) is 4.40. The second-order valence-corrected chi connectivity index (χ2v) is 5.32. The molecule has 0 atom stereocenters. The Bertz CT molecular complexity index is 535. The summed E-state index contributed by atoms with van der Waals surface area (Å²) in [5.74, 6) is 1.18. The SMILES string of the molecule is Brc1ccc(-c2nc(CN3CCNCC3)no2)nc1. The first-order valence-corrected chi connectivity index (χ1v) is 6.98. The van der Waals surface area contributed by atoms with E-state index < -0.39 is 0 Å². The van der Waals surface area contributed by atoms with Crippen molar-refractivity contribution in [1.82, 2.24) is 25.3 Å². The minimum Gasteiger partial charge on any atom is -0.332 e. The highest BCUT2D eigenvalue weighted by Crippen LogP contribution is 2.17. The molecule has 7 heteroatoms. The molecule has 19 heavy (non-hydrogen) atoms. The Morgan fingerprint density at radius 3 is 2.89 bits per heavy atom. The van der Waals surface area contributed by atoms with Gasteiger partial charge in [0.15, 0.2) is 5.82 Å². The van der Waals surface area contributed by atoms with Gasteiger partial charge in [-0.1, -0.05) is 5.16 Å². The van der Waals surface area contributed by atoms with Crippen molar-refractivity contribution in [3.63, 3.8) is 0 Å². The van der Waals surface area contributed by atoms with Crippen LogP contribution in [0.4, 0.5) is 0 Å². The van der Waals surface area contributed by atoms with Gasteiger partial charge >= 0.3 is 0 Å². The molecule has 0 unspecified atom stereocenters. The van der Waals surface area contributed by atoms with Gasteiger partial charge in [-0.3, -0.25) is 4.90 Å². The zero-order chi connectivity index (χ0) is 13.1. The Morgan fingerprint density at radius 2 is 2.16 bits per heavy atom. The van der Waals surface area contributed by atoms with Crippen LogP contribution in [0.3, 0.4) is 0 Å². The molecule has 6 nitrogen and oxygen atoms in total. The van der Waals surface area contributed by atoms with E-state index in [9.17, 15) is 0 Å². The molecule has 1 aliphatic rings. The van der Waals surface area contributed by atoms with E-state index in [2.05, 4.69) is 41.3 Å². The van der Waals surface area contributed by atoms with E-state index >= 15 is 0 Å². The summed E-state index contributed by atoms with van der Waals surface area (Å²) < 4.78 is 6.18. The standard InChI is InChI=1S/C12H14BrN5O/c13-9-1-2-10(15-7-9)12-16-11(17-19-12)8-18-5-3-14-4-6-18/h1-2,7,14H,3-6,8H2. The Balaban J connectivity index is 1.70. The molecule has 1 fully saturated rings. The van der Waals surface area contributed by atoms with Crippen LogP contribution in [-0.4, -0.2) is 46.2 Å². The lowest BCUT2D eigenvalue weighted by Crippen LogP contribution is -2.43. The molecule has 1 N–H and O–H groups in total. The monoisotopic (exact) mass is 323 g/mol. The molecule has 0 aromatic carbocycles. The van der Waals surface area contributed by atoms with Crippen LogP contribution in [0, 0.1) is 0 Å². The first-order chi connectivity index (χ1) is 9.31. The molecular weight excluding hydrogens is 310 g/mol. The number of piperazine rings is 1. The van der Waals surface area contributed by atoms with E-state index in [1.165, 1.54) is 0 Å². The molecule has 0 bridgehead atoms. The lowest BCUT2D eigenvalue weighted by Gasteiger charge is -2.25. The molecule has 3 heterocycles. The van der Waals surface area contributed by atoms with Crippen LogP contribution in [0.1, 0.15) is 5.82 Å². The summed E-state index contributed by atoms with van der Waals surface area (Å²) in [6.07, 6.45) is 1.72. The fourth-order valence-corrected chi connectivity index (χ4v) is 2.23. The lowest BCUT2D eigenvalue weighted by molar-refractivity contribution is 0.225. The van der Waals surface area contributed by atoms with E-state index in [1.807, 2.05) is 12.1 Å². The van der Waals surface area contributed by atoms with E-state index in [1.54, 1.807) is 6.20 Å². The summed E-state index contributed by atoms with van der Waals surface area (Å²) in [5.41, 5.74) is 0.697. The molecule has 3 rings (SSSR count). The average molecular weight is 324 g/mol. The van der Waals surface area contributed by atoms with E-state index in [0.717, 1.165) is 37.2 Å². The third kappa shape index (κ3) is 3.17. The van der Waals surface area contributed by atoms with Crippen LogP contribution in [0.2, 0.25) is 0 Å². The molecule has 1 saturated heterocycles. The summed E-state index contributed by atoms with van der Waals surface area (Å²) >= 11 is 3.35. The maximum atomic E-state index is 5.25. The number of rotatable bonds is 3. The van der Waals surface area contributed by atoms with Gasteiger partial charge in [-0.2, -0.15) is 4.98 Å². The molecule has 2 aromatic rings. The van der Waals surface area contributed by atoms with Gasteiger partial charge in [-0.05, 0) is 28.1 Å². The number of hydrogen-bond acceptors (Lipinski definition) is 6. The molecule has 0 radical (unpaired) electrons. The van der Waals surface area contributed by atoms with Crippen LogP contribution in [0.15, 0.2) is 27.3 Å². The lowest BCUT2D eigenvalue weighted by atomic mass is 10.3. The predicted octanol–water partition coefficient (Wildman–Crippen LogP) is 1.30. The maximum Gasteiger partial charge on any atom is 0.276 e. The van der Waals surface area contributed by atoms with Crippen molar-refractivity contribution in [3.05, 3.63) is 28.6 Å². The molecule has 0 aliphatic carbocycles. The number of hydrogen-bond donors (Lipinski definition) is 1. The highest BCUT2D eigenvalue weighted by Gasteiger charge is 2.15. The number of nitrogens with zero attached hydrogens (tertiary/aromatic N) is 4. The summed E-state index contributed by atoms with van der Waals surface area (Å²) in [6.45, 7) is 4.78. The number of halogens is 1. The maximum absolute atomic E-state index is 5.25. The second kappa shape index (κ2) is 5.77. The van der Waals surface area contributed by atoms with Crippen molar-refractivity contribution >= 4 is 15.9 Å². The summed E-state index contributed by atoms with van der Waals surface area (Å²) in [7, 11) is 0. The first kappa shape index (κ1) is 12.7. The number of pyridine rings is 1. The Labute approximate surface area is 119 Å². The molecule has 2 aromatic heterocycles. The third-order valence-corrected chi connectivity index (χ3v) is 3.46. The van der Waals surface area contributed by atoms with Crippen molar-refractivity contribution in [3.8, 4) is 11.6 Å². The fraction of sp³-hybridized carbons (Fsp3) is 0.417. The Morgan fingerprint density at radius 1 is 1.32 bits per heavy atom. The van der Waals surface area contributed by atoms with E-state index in [0.29, 0.717) is 17.4 Å². The molecule has 1 aliphatic heterocycles. The quantitative estimate of drug-likeness (QED) is 0.918. The molecule has 0 spiro atoms. The number of nitrogens with one attached hydrogen (secondary N) is 1. The molecule has 100 valence electrons.